The first-order chi connectivity index (χ1) is 17.2. The Morgan fingerprint density at radius 3 is 2.19 bits per heavy atom. The van der Waals surface area contributed by atoms with Crippen molar-refractivity contribution in [2.75, 3.05) is 26.1 Å². The Bertz CT molecular complexity index is 1300. The van der Waals surface area contributed by atoms with Crippen LogP contribution in [0.1, 0.15) is 50.4 Å². The average Bonchev–Trinajstić information content (AvgIpc) is 3.24. The summed E-state index contributed by atoms with van der Waals surface area (Å²) in [4.78, 5) is 16.6. The summed E-state index contributed by atoms with van der Waals surface area (Å²) < 4.78 is 47.5. The SMILES string of the molecule is COc1ncnc(OC)c1-n1c(NS(=O)(=O)C(C)C(OC)c2ncc(Cl)cn2)nnc1[C@@H]1CC[C@@H]1C. The second-order valence-electron chi connectivity index (χ2n) is 8.39. The van der Waals surface area contributed by atoms with E-state index < -0.39 is 21.4 Å². The van der Waals surface area contributed by atoms with Crippen molar-refractivity contribution >= 4 is 27.6 Å². The van der Waals surface area contributed by atoms with Gasteiger partial charge in [-0.2, -0.15) is 9.97 Å². The van der Waals surface area contributed by atoms with Gasteiger partial charge in [-0.05, 0) is 25.7 Å². The van der Waals surface area contributed by atoms with Crippen molar-refractivity contribution in [2.24, 2.45) is 5.92 Å². The van der Waals surface area contributed by atoms with Gasteiger partial charge in [0, 0.05) is 25.4 Å². The lowest BCUT2D eigenvalue weighted by Gasteiger charge is -2.33. The zero-order valence-electron chi connectivity index (χ0n) is 20.4. The molecule has 0 spiro atoms. The van der Waals surface area contributed by atoms with Gasteiger partial charge in [0.25, 0.3) is 0 Å². The minimum Gasteiger partial charge on any atom is -0.479 e. The van der Waals surface area contributed by atoms with Crippen LogP contribution in [0.25, 0.3) is 5.69 Å². The molecule has 0 aliphatic heterocycles. The van der Waals surface area contributed by atoms with Gasteiger partial charge in [0.1, 0.15) is 23.5 Å². The van der Waals surface area contributed by atoms with Crippen LogP contribution in [0.2, 0.25) is 5.02 Å². The van der Waals surface area contributed by atoms with Crippen molar-refractivity contribution in [3.8, 4) is 17.4 Å². The predicted molar refractivity (Wildman–Crippen MR) is 130 cm³/mol. The molecule has 2 unspecified atom stereocenters. The van der Waals surface area contributed by atoms with Crippen LogP contribution >= 0.6 is 11.6 Å². The molecule has 0 radical (unpaired) electrons. The minimum absolute atomic E-state index is 0.0528. The Balaban J connectivity index is 1.78. The lowest BCUT2D eigenvalue weighted by atomic mass is 9.74. The van der Waals surface area contributed by atoms with E-state index >= 15 is 0 Å². The van der Waals surface area contributed by atoms with Gasteiger partial charge < -0.3 is 14.2 Å². The van der Waals surface area contributed by atoms with Gasteiger partial charge in [-0.25, -0.2) is 18.4 Å². The number of sulfonamides is 1. The first kappa shape index (κ1) is 26.0. The third-order valence-electron chi connectivity index (χ3n) is 6.30. The lowest BCUT2D eigenvalue weighted by Crippen LogP contribution is -2.33. The van der Waals surface area contributed by atoms with Crippen LogP contribution in [0.15, 0.2) is 18.7 Å². The second-order valence-corrected chi connectivity index (χ2v) is 10.9. The third-order valence-corrected chi connectivity index (χ3v) is 8.19. The average molecular weight is 539 g/mol. The van der Waals surface area contributed by atoms with Gasteiger partial charge in [0.2, 0.25) is 27.7 Å². The van der Waals surface area contributed by atoms with Gasteiger partial charge in [-0.3, -0.25) is 9.29 Å². The molecule has 1 aliphatic rings. The number of rotatable bonds is 10. The van der Waals surface area contributed by atoms with Gasteiger partial charge in [0.05, 0.1) is 19.2 Å². The monoisotopic (exact) mass is 538 g/mol. The van der Waals surface area contributed by atoms with Crippen molar-refractivity contribution in [3.05, 3.63) is 35.4 Å². The van der Waals surface area contributed by atoms with Crippen LogP contribution in [-0.4, -0.2) is 69.7 Å². The van der Waals surface area contributed by atoms with E-state index in [9.17, 15) is 8.42 Å². The maximum atomic E-state index is 13.5. The van der Waals surface area contributed by atoms with Gasteiger partial charge in [-0.1, -0.05) is 18.5 Å². The smallest absolute Gasteiger partial charge is 0.245 e. The predicted octanol–water partition coefficient (Wildman–Crippen LogP) is 2.55. The van der Waals surface area contributed by atoms with E-state index in [1.54, 1.807) is 4.57 Å². The highest BCUT2D eigenvalue weighted by Gasteiger charge is 2.38. The molecule has 3 aromatic heterocycles. The number of aromatic nitrogens is 7. The zero-order valence-corrected chi connectivity index (χ0v) is 22.0. The Labute approximate surface area is 213 Å². The van der Waals surface area contributed by atoms with Crippen LogP contribution in [0.5, 0.6) is 11.8 Å². The van der Waals surface area contributed by atoms with E-state index in [1.807, 2.05) is 0 Å². The summed E-state index contributed by atoms with van der Waals surface area (Å²) in [6.45, 7) is 3.58. The molecule has 4 atom stereocenters. The van der Waals surface area contributed by atoms with Crippen molar-refractivity contribution in [2.45, 2.75) is 44.0 Å². The largest absolute Gasteiger partial charge is 0.479 e. The second kappa shape index (κ2) is 10.5. The number of hydrogen-bond donors (Lipinski definition) is 1. The van der Waals surface area contributed by atoms with E-state index in [0.717, 1.165) is 12.8 Å². The Hall–Kier alpha value is -3.10. The number of anilines is 1. The van der Waals surface area contributed by atoms with E-state index in [4.69, 9.17) is 25.8 Å². The van der Waals surface area contributed by atoms with Crippen LogP contribution in [0, 0.1) is 5.92 Å². The number of halogens is 1. The van der Waals surface area contributed by atoms with Gasteiger partial charge >= 0.3 is 0 Å². The van der Waals surface area contributed by atoms with Gasteiger partial charge in [0.15, 0.2) is 11.5 Å². The molecule has 1 aliphatic carbocycles. The number of nitrogens with one attached hydrogen (secondary N) is 1. The molecule has 0 amide bonds. The number of ether oxygens (including phenoxy) is 3. The third kappa shape index (κ3) is 4.80. The molecule has 1 fully saturated rings. The molecule has 3 aromatic rings. The fraction of sp³-hybridized carbons (Fsp3) is 0.524. The highest BCUT2D eigenvalue weighted by atomic mass is 35.5. The molecule has 0 saturated heterocycles. The molecule has 15 heteroatoms. The minimum atomic E-state index is -4.10. The van der Waals surface area contributed by atoms with Gasteiger partial charge in [-0.15, -0.1) is 10.2 Å². The molecule has 13 nitrogen and oxygen atoms in total. The van der Waals surface area contributed by atoms with Crippen LogP contribution in [0.4, 0.5) is 5.95 Å². The van der Waals surface area contributed by atoms with E-state index in [1.165, 1.54) is 47.0 Å². The number of hydrogen-bond acceptors (Lipinski definition) is 11. The normalized spacial score (nSPS) is 19.3. The van der Waals surface area contributed by atoms with Crippen LogP contribution in [-0.2, 0) is 14.8 Å². The molecule has 36 heavy (non-hydrogen) atoms. The fourth-order valence-corrected chi connectivity index (χ4v) is 5.30. The van der Waals surface area contributed by atoms with Crippen molar-refractivity contribution in [1.82, 2.24) is 34.7 Å². The fourth-order valence-electron chi connectivity index (χ4n) is 4.07. The molecule has 4 rings (SSSR count). The molecular formula is C21H27ClN8O5S. The summed E-state index contributed by atoms with van der Waals surface area (Å²) in [7, 11) is 0.172. The van der Waals surface area contributed by atoms with E-state index in [0.29, 0.717) is 16.8 Å². The van der Waals surface area contributed by atoms with Crippen LogP contribution in [0.3, 0.4) is 0 Å². The van der Waals surface area contributed by atoms with E-state index in [2.05, 4.69) is 41.8 Å². The Morgan fingerprint density at radius 2 is 1.69 bits per heavy atom. The first-order valence-corrected chi connectivity index (χ1v) is 13.0. The number of methoxy groups -OCH3 is 3. The molecule has 1 N–H and O–H groups in total. The molecule has 194 valence electrons. The Morgan fingerprint density at radius 1 is 1.06 bits per heavy atom. The lowest BCUT2D eigenvalue weighted by molar-refractivity contribution is 0.0950. The zero-order chi connectivity index (χ0) is 26.0. The molecule has 0 bridgehead atoms. The summed E-state index contributed by atoms with van der Waals surface area (Å²) in [5.41, 5.74) is 0.288. The van der Waals surface area contributed by atoms with Crippen molar-refractivity contribution in [3.63, 3.8) is 0 Å². The summed E-state index contributed by atoms with van der Waals surface area (Å²) in [5, 5.41) is 7.73. The van der Waals surface area contributed by atoms with Crippen molar-refractivity contribution in [1.29, 1.82) is 0 Å². The van der Waals surface area contributed by atoms with E-state index in [-0.39, 0.29) is 35.1 Å². The summed E-state index contributed by atoms with van der Waals surface area (Å²) in [6, 6.07) is 0. The quantitative estimate of drug-likeness (QED) is 0.404. The first-order valence-electron chi connectivity index (χ1n) is 11.1. The maximum Gasteiger partial charge on any atom is 0.245 e. The van der Waals surface area contributed by atoms with Crippen molar-refractivity contribution < 1.29 is 22.6 Å². The molecule has 0 aromatic carbocycles. The molecular weight excluding hydrogens is 512 g/mol. The Kier molecular flexibility index (Phi) is 7.57. The highest BCUT2D eigenvalue weighted by Crippen LogP contribution is 2.44. The summed E-state index contributed by atoms with van der Waals surface area (Å²) >= 11 is 5.87. The number of nitrogens with zero attached hydrogens (tertiary/aromatic N) is 7. The molecule has 3 heterocycles. The molecule has 1 saturated carbocycles. The standard InChI is InChI=1S/C21H27ClN8O5S/c1-11-6-7-14(11)18-27-28-21(30(18)15-19(34-4)25-10-26-20(15)35-5)29-36(31,32)12(2)16(33-3)17-23-8-13(22)9-24-17/h8-12,14,16H,6-7H2,1-5H3,(H,28,29)/t11-,12?,14+,16?/m0/s1. The highest BCUT2D eigenvalue weighted by molar-refractivity contribution is 7.93. The topological polar surface area (TPSA) is 156 Å². The van der Waals surface area contributed by atoms with Crippen LogP contribution < -0.4 is 14.2 Å². The maximum absolute atomic E-state index is 13.5. The summed E-state index contributed by atoms with van der Waals surface area (Å²) in [5.74, 6) is 1.39. The summed E-state index contributed by atoms with van der Waals surface area (Å²) in [6.07, 6.45) is 4.95.